The van der Waals surface area contributed by atoms with Crippen LogP contribution in [0.3, 0.4) is 0 Å². The van der Waals surface area contributed by atoms with Crippen molar-refractivity contribution < 1.29 is 9.90 Å². The van der Waals surface area contributed by atoms with E-state index in [1.165, 1.54) is 19.3 Å². The minimum atomic E-state index is -0.909. The summed E-state index contributed by atoms with van der Waals surface area (Å²) in [6, 6.07) is 5.15. The van der Waals surface area contributed by atoms with Crippen LogP contribution in [0.2, 0.25) is 0 Å². The fourth-order valence-electron chi connectivity index (χ4n) is 1.97. The molecule has 1 aromatic carbocycles. The smallest absolute Gasteiger partial charge is 0.335 e. The summed E-state index contributed by atoms with van der Waals surface area (Å²) in [4.78, 5) is 10.9. The van der Waals surface area contributed by atoms with Gasteiger partial charge in [-0.15, -0.1) is 0 Å². The van der Waals surface area contributed by atoms with Crippen molar-refractivity contribution in [1.29, 1.82) is 0 Å². The predicted octanol–water partition coefficient (Wildman–Crippen LogP) is 2.96. The number of carbonyl (C=O) groups is 1. The zero-order chi connectivity index (χ0) is 12.3. The lowest BCUT2D eigenvalue weighted by atomic mass is 10.1. The molecule has 4 nitrogen and oxygen atoms in total. The summed E-state index contributed by atoms with van der Waals surface area (Å²) in [5.41, 5.74) is 4.37. The van der Waals surface area contributed by atoms with Crippen molar-refractivity contribution >= 4 is 27.6 Å². The number of carboxylic acid groups (broad SMARTS) is 1. The number of nitrogens with one attached hydrogen (secondary N) is 1. The highest BCUT2D eigenvalue weighted by molar-refractivity contribution is 9.10. The number of hydrogen-bond donors (Lipinski definition) is 2. The highest BCUT2D eigenvalue weighted by atomic mass is 79.9. The number of anilines is 1. The molecule has 0 unspecified atom stereocenters. The lowest BCUT2D eigenvalue weighted by Crippen LogP contribution is -2.34. The molecule has 0 aromatic heterocycles. The van der Waals surface area contributed by atoms with Crippen LogP contribution in [0.5, 0.6) is 0 Å². The van der Waals surface area contributed by atoms with E-state index in [1.54, 1.807) is 12.1 Å². The van der Waals surface area contributed by atoms with E-state index in [9.17, 15) is 4.79 Å². The van der Waals surface area contributed by atoms with Gasteiger partial charge in [0.2, 0.25) is 0 Å². The number of hydrazine groups is 1. The maximum atomic E-state index is 10.9. The second-order valence-electron chi connectivity index (χ2n) is 4.19. The molecule has 1 saturated heterocycles. The van der Waals surface area contributed by atoms with Crippen LogP contribution in [0.1, 0.15) is 29.6 Å². The van der Waals surface area contributed by atoms with Crippen molar-refractivity contribution in [3.8, 4) is 0 Å². The molecule has 2 N–H and O–H groups in total. The maximum absolute atomic E-state index is 10.9. The quantitative estimate of drug-likeness (QED) is 0.901. The summed E-state index contributed by atoms with van der Waals surface area (Å²) in [6.07, 6.45) is 3.65. The molecule has 0 bridgehead atoms. The van der Waals surface area contributed by atoms with Gasteiger partial charge >= 0.3 is 5.97 Å². The van der Waals surface area contributed by atoms with Gasteiger partial charge in [0, 0.05) is 17.6 Å². The number of rotatable bonds is 3. The monoisotopic (exact) mass is 298 g/mol. The van der Waals surface area contributed by atoms with Gasteiger partial charge in [-0.05, 0) is 31.0 Å². The molecule has 2 rings (SSSR count). The molecule has 0 spiro atoms. The molecule has 0 amide bonds. The van der Waals surface area contributed by atoms with E-state index in [0.717, 1.165) is 23.2 Å². The Kier molecular flexibility index (Phi) is 4.02. The minimum Gasteiger partial charge on any atom is -0.478 e. The Morgan fingerprint density at radius 3 is 2.59 bits per heavy atom. The molecular weight excluding hydrogens is 284 g/mol. The average molecular weight is 299 g/mol. The molecule has 5 heteroatoms. The van der Waals surface area contributed by atoms with Crippen LogP contribution in [-0.2, 0) is 0 Å². The number of aromatic carboxylic acids is 1. The Morgan fingerprint density at radius 2 is 1.94 bits per heavy atom. The number of hydrogen-bond acceptors (Lipinski definition) is 3. The Balaban J connectivity index is 2.11. The lowest BCUT2D eigenvalue weighted by Gasteiger charge is -2.28. The van der Waals surface area contributed by atoms with Gasteiger partial charge in [0.15, 0.2) is 0 Å². The average Bonchev–Trinajstić information content (AvgIpc) is 2.29. The molecule has 1 aromatic rings. The SMILES string of the molecule is O=C(O)c1cc(Br)cc(NN2CCCCC2)c1. The zero-order valence-corrected chi connectivity index (χ0v) is 11.0. The Bertz CT molecular complexity index is 417. The number of carboxylic acids is 1. The predicted molar refractivity (Wildman–Crippen MR) is 70.1 cm³/mol. The van der Waals surface area contributed by atoms with Crippen LogP contribution in [0.15, 0.2) is 22.7 Å². The summed E-state index contributed by atoms with van der Waals surface area (Å²) >= 11 is 3.32. The van der Waals surface area contributed by atoms with E-state index < -0.39 is 5.97 Å². The van der Waals surface area contributed by atoms with Gasteiger partial charge in [-0.25, -0.2) is 9.80 Å². The van der Waals surface area contributed by atoms with Gasteiger partial charge in [-0.3, -0.25) is 0 Å². The van der Waals surface area contributed by atoms with E-state index in [2.05, 4.69) is 26.4 Å². The normalized spacial score (nSPS) is 16.8. The van der Waals surface area contributed by atoms with E-state index in [1.807, 2.05) is 6.07 Å². The summed E-state index contributed by atoms with van der Waals surface area (Å²) in [5.74, 6) is -0.909. The number of halogens is 1. The first kappa shape index (κ1) is 12.4. The van der Waals surface area contributed by atoms with Crippen molar-refractivity contribution in [1.82, 2.24) is 5.01 Å². The van der Waals surface area contributed by atoms with Crippen LogP contribution >= 0.6 is 15.9 Å². The fourth-order valence-corrected chi connectivity index (χ4v) is 2.46. The molecule has 0 saturated carbocycles. The third-order valence-corrected chi connectivity index (χ3v) is 3.25. The van der Waals surface area contributed by atoms with Gasteiger partial charge in [0.25, 0.3) is 0 Å². The standard InChI is InChI=1S/C12H15BrN2O2/c13-10-6-9(12(16)17)7-11(8-10)14-15-4-2-1-3-5-15/h6-8,14H,1-5H2,(H,16,17). The van der Waals surface area contributed by atoms with Crippen molar-refractivity contribution in [2.75, 3.05) is 18.5 Å². The molecule has 1 heterocycles. The second-order valence-corrected chi connectivity index (χ2v) is 5.11. The molecule has 0 radical (unpaired) electrons. The summed E-state index contributed by atoms with van der Waals surface area (Å²) in [5, 5.41) is 11.1. The lowest BCUT2D eigenvalue weighted by molar-refractivity contribution is 0.0697. The molecule has 1 fully saturated rings. The number of piperidine rings is 1. The maximum Gasteiger partial charge on any atom is 0.335 e. The molecule has 17 heavy (non-hydrogen) atoms. The Labute approximate surface area is 109 Å². The fraction of sp³-hybridized carbons (Fsp3) is 0.417. The highest BCUT2D eigenvalue weighted by Crippen LogP contribution is 2.21. The van der Waals surface area contributed by atoms with E-state index in [-0.39, 0.29) is 0 Å². The largest absolute Gasteiger partial charge is 0.478 e. The van der Waals surface area contributed by atoms with Gasteiger partial charge in [0.05, 0.1) is 11.3 Å². The van der Waals surface area contributed by atoms with Crippen molar-refractivity contribution in [2.45, 2.75) is 19.3 Å². The number of nitrogens with zero attached hydrogens (tertiary/aromatic N) is 1. The van der Waals surface area contributed by atoms with E-state index >= 15 is 0 Å². The van der Waals surface area contributed by atoms with E-state index in [4.69, 9.17) is 5.11 Å². The highest BCUT2D eigenvalue weighted by Gasteiger charge is 2.11. The first-order chi connectivity index (χ1) is 8.15. The van der Waals surface area contributed by atoms with Crippen LogP contribution < -0.4 is 5.43 Å². The number of benzene rings is 1. The van der Waals surface area contributed by atoms with Gasteiger partial charge in [-0.2, -0.15) is 0 Å². The summed E-state index contributed by atoms with van der Waals surface area (Å²) in [6.45, 7) is 2.02. The molecule has 1 aliphatic heterocycles. The molecular formula is C12H15BrN2O2. The Hall–Kier alpha value is -1.07. The summed E-state index contributed by atoms with van der Waals surface area (Å²) in [7, 11) is 0. The molecule has 1 aliphatic rings. The third kappa shape index (κ3) is 3.44. The topological polar surface area (TPSA) is 52.6 Å². The van der Waals surface area contributed by atoms with Gasteiger partial charge in [0.1, 0.15) is 0 Å². The van der Waals surface area contributed by atoms with Gasteiger partial charge < -0.3 is 10.5 Å². The molecule has 0 aliphatic carbocycles. The first-order valence-corrected chi connectivity index (χ1v) is 6.50. The summed E-state index contributed by atoms with van der Waals surface area (Å²) < 4.78 is 0.775. The van der Waals surface area contributed by atoms with Crippen LogP contribution in [-0.4, -0.2) is 29.2 Å². The van der Waals surface area contributed by atoms with E-state index in [0.29, 0.717) is 5.56 Å². The van der Waals surface area contributed by atoms with Crippen molar-refractivity contribution in [3.05, 3.63) is 28.2 Å². The van der Waals surface area contributed by atoms with Crippen molar-refractivity contribution in [2.24, 2.45) is 0 Å². The van der Waals surface area contributed by atoms with Crippen molar-refractivity contribution in [3.63, 3.8) is 0 Å². The zero-order valence-electron chi connectivity index (χ0n) is 9.45. The molecule has 92 valence electrons. The van der Waals surface area contributed by atoms with Crippen LogP contribution in [0.25, 0.3) is 0 Å². The van der Waals surface area contributed by atoms with Crippen LogP contribution in [0.4, 0.5) is 5.69 Å². The second kappa shape index (κ2) is 5.51. The van der Waals surface area contributed by atoms with Gasteiger partial charge in [-0.1, -0.05) is 22.4 Å². The third-order valence-electron chi connectivity index (χ3n) is 2.79. The molecule has 0 atom stereocenters. The first-order valence-electron chi connectivity index (χ1n) is 5.70. The van der Waals surface area contributed by atoms with Crippen LogP contribution in [0, 0.1) is 0 Å². The minimum absolute atomic E-state index is 0.291. The Morgan fingerprint density at radius 1 is 1.24 bits per heavy atom.